The third kappa shape index (κ3) is 15.9. The Morgan fingerprint density at radius 1 is 1.00 bits per heavy atom. The van der Waals surface area contributed by atoms with Crippen LogP contribution >= 0.6 is 11.9 Å². The predicted molar refractivity (Wildman–Crippen MR) is 261 cm³/mol. The first-order valence-corrected chi connectivity index (χ1v) is 24.4. The number of aliphatic hydroxyl groups excluding tert-OH is 1. The minimum atomic E-state index is -0.599. The Kier molecular flexibility index (Phi) is 22.7. The highest BCUT2D eigenvalue weighted by molar-refractivity contribution is 7.98. The van der Waals surface area contributed by atoms with Crippen molar-refractivity contribution in [1.82, 2.24) is 30.0 Å². The molecule has 14 heteroatoms. The van der Waals surface area contributed by atoms with Crippen molar-refractivity contribution in [3.05, 3.63) is 41.7 Å². The van der Waals surface area contributed by atoms with E-state index in [1.807, 2.05) is 33.9 Å². The van der Waals surface area contributed by atoms with Crippen LogP contribution in [0, 0.1) is 5.41 Å². The highest BCUT2D eigenvalue weighted by Crippen LogP contribution is 2.43. The highest BCUT2D eigenvalue weighted by Gasteiger charge is 2.33. The van der Waals surface area contributed by atoms with Gasteiger partial charge in [0, 0.05) is 79.7 Å². The topological polar surface area (TPSA) is 142 Å². The molecule has 63 heavy (non-hydrogen) atoms. The Labute approximate surface area is 384 Å². The van der Waals surface area contributed by atoms with Crippen LogP contribution in [0.2, 0.25) is 0 Å². The summed E-state index contributed by atoms with van der Waals surface area (Å²) in [6.45, 7) is 28.5. The molecule has 2 unspecified atom stereocenters. The van der Waals surface area contributed by atoms with E-state index >= 15 is 0 Å². The zero-order chi connectivity index (χ0) is 46.7. The number of nitrogens with one attached hydrogen (secondary N) is 3. The number of aliphatic hydroxyl groups is 1. The third-order valence-electron chi connectivity index (χ3n) is 11.5. The normalized spacial score (nSPS) is 16.0. The molecule has 3 aromatic rings. The molecule has 13 nitrogen and oxygen atoms in total. The summed E-state index contributed by atoms with van der Waals surface area (Å²) in [7, 11) is 3.09. The lowest BCUT2D eigenvalue weighted by molar-refractivity contribution is -0.143. The van der Waals surface area contributed by atoms with Gasteiger partial charge in [-0.15, -0.1) is 0 Å². The van der Waals surface area contributed by atoms with Gasteiger partial charge < -0.3 is 28.8 Å². The quantitative estimate of drug-likeness (QED) is 0.0224. The third-order valence-corrected chi connectivity index (χ3v) is 12.6. The molecule has 0 radical (unpaired) electrons. The molecule has 1 aliphatic heterocycles. The molecule has 1 aliphatic carbocycles. The number of carbonyl (C=O) groups is 2. The lowest BCUT2D eigenvalue weighted by Gasteiger charge is -2.36. The minimum Gasteiger partial charge on any atom is -0.494 e. The Hall–Kier alpha value is -3.40. The molecule has 0 spiro atoms. The first kappa shape index (κ1) is 53.9. The number of aromatic nitrogens is 2. The molecule has 1 aromatic carbocycles. The molecular weight excluding hydrogens is 815 g/mol. The molecule has 1 saturated carbocycles. The molecule has 2 fully saturated rings. The number of anilines is 1. The first-order chi connectivity index (χ1) is 30.2. The van der Waals surface area contributed by atoms with Gasteiger partial charge in [-0.25, -0.2) is 5.43 Å². The summed E-state index contributed by atoms with van der Waals surface area (Å²) >= 11 is 1.72. The monoisotopic (exact) mass is 898 g/mol. The van der Waals surface area contributed by atoms with Crippen LogP contribution < -0.4 is 25.2 Å². The maximum Gasteiger partial charge on any atom is 0.324 e. The molecule has 3 heterocycles. The van der Waals surface area contributed by atoms with Crippen LogP contribution in [-0.2, 0) is 32.0 Å². The number of ether oxygens (including phenoxy) is 3. The maximum atomic E-state index is 12.2. The Morgan fingerprint density at radius 3 is 2.27 bits per heavy atom. The van der Waals surface area contributed by atoms with Crippen LogP contribution in [-0.4, -0.2) is 108 Å². The SMILES string of the molecule is CC.CC.CCn1c(-c2cc(N3CCN(C4CC4)CC3)cnc2C(C)OC)c(CC(C)(C)CO)c2cc(OCCC(CCCC[C@H](NNC=O)C(=O)OC)NSC(C)(C)C)ccc21. The summed E-state index contributed by atoms with van der Waals surface area (Å²) in [4.78, 5) is 33.2. The van der Waals surface area contributed by atoms with E-state index in [4.69, 9.17) is 19.2 Å². The van der Waals surface area contributed by atoms with Crippen LogP contribution in [0.5, 0.6) is 5.75 Å². The maximum absolute atomic E-state index is 12.2. The fraction of sp³-hybridized carbons (Fsp3) is 0.694. The number of hydrogen-bond acceptors (Lipinski definition) is 12. The summed E-state index contributed by atoms with van der Waals surface area (Å²) < 4.78 is 23.5. The van der Waals surface area contributed by atoms with Crippen LogP contribution in [0.25, 0.3) is 22.2 Å². The number of pyridine rings is 1. The summed E-state index contributed by atoms with van der Waals surface area (Å²) in [5.74, 6) is 0.406. The number of hydrazine groups is 1. The zero-order valence-corrected chi connectivity index (χ0v) is 41.9. The standard InChI is InChI=1S/C45H71N7O6S.2C2H6/c1-10-52-40-18-17-35(58-24-19-32(49-59-44(3,4)5)13-11-12-14-39(43(55)57-9)48-47-30-54)26-36(40)38(27-45(6,7)29-53)42(52)37-25-34(28-46-41(37)31(2)56-8)51-22-20-50(21-23-51)33-15-16-33;2*1-2/h17-18,25-26,28,30-33,39,48-49,53H,10-16,19-24,27,29H2,1-9H3,(H,47,54);2*1-2H3/t31?,32?,39-;;/m0../s1. The molecule has 1 saturated heterocycles. The summed E-state index contributed by atoms with van der Waals surface area (Å²) in [5, 5.41) is 11.7. The van der Waals surface area contributed by atoms with Crippen molar-refractivity contribution in [3.8, 4) is 17.0 Å². The number of piperazine rings is 1. The van der Waals surface area contributed by atoms with Crippen molar-refractivity contribution in [3.63, 3.8) is 0 Å². The van der Waals surface area contributed by atoms with Crippen molar-refractivity contribution >= 4 is 40.9 Å². The number of fused-ring (bicyclic) bond motifs is 1. The van der Waals surface area contributed by atoms with Gasteiger partial charge in [0.25, 0.3) is 0 Å². The number of hydrogen-bond donors (Lipinski definition) is 4. The average Bonchev–Trinajstić information content (AvgIpc) is 4.11. The second kappa shape index (κ2) is 26.5. The van der Waals surface area contributed by atoms with Crippen LogP contribution in [0.4, 0.5) is 5.69 Å². The lowest BCUT2D eigenvalue weighted by Crippen LogP contribution is -2.47. The minimum absolute atomic E-state index is 0.0361. The summed E-state index contributed by atoms with van der Waals surface area (Å²) in [6, 6.07) is 9.12. The van der Waals surface area contributed by atoms with E-state index in [9.17, 15) is 14.7 Å². The van der Waals surface area contributed by atoms with Crippen LogP contribution in [0.3, 0.4) is 0 Å². The predicted octanol–water partition coefficient (Wildman–Crippen LogP) is 8.85. The van der Waals surface area contributed by atoms with Crippen molar-refractivity contribution in [2.45, 2.75) is 163 Å². The first-order valence-electron chi connectivity index (χ1n) is 23.6. The number of unbranched alkanes of at least 4 members (excludes halogenated alkanes) is 1. The van der Waals surface area contributed by atoms with Gasteiger partial charge in [-0.2, -0.15) is 0 Å². The molecule has 2 aliphatic rings. The molecule has 3 atom stereocenters. The Morgan fingerprint density at radius 2 is 1.68 bits per heavy atom. The highest BCUT2D eigenvalue weighted by atomic mass is 32.2. The smallest absolute Gasteiger partial charge is 0.324 e. The molecule has 5 rings (SSSR count). The number of rotatable bonds is 24. The van der Waals surface area contributed by atoms with Crippen molar-refractivity contribution in [1.29, 1.82) is 0 Å². The van der Waals surface area contributed by atoms with E-state index in [0.717, 1.165) is 104 Å². The van der Waals surface area contributed by atoms with Crippen LogP contribution in [0.1, 0.15) is 138 Å². The van der Waals surface area contributed by atoms with Gasteiger partial charge in [0.1, 0.15) is 11.8 Å². The van der Waals surface area contributed by atoms with E-state index in [0.29, 0.717) is 25.9 Å². The molecule has 2 aromatic heterocycles. The van der Waals surface area contributed by atoms with Gasteiger partial charge in [0.05, 0.1) is 43.1 Å². The van der Waals surface area contributed by atoms with E-state index in [2.05, 4.69) is 103 Å². The van der Waals surface area contributed by atoms with Crippen molar-refractivity contribution in [2.75, 3.05) is 58.5 Å². The van der Waals surface area contributed by atoms with Crippen LogP contribution in [0.15, 0.2) is 30.5 Å². The fourth-order valence-corrected chi connectivity index (χ4v) is 8.75. The molecule has 4 N–H and O–H groups in total. The van der Waals surface area contributed by atoms with E-state index in [1.165, 1.54) is 25.5 Å². The van der Waals surface area contributed by atoms with Gasteiger partial charge in [-0.1, -0.05) is 66.3 Å². The number of benzene rings is 1. The Balaban J connectivity index is 0.00000256. The zero-order valence-electron chi connectivity index (χ0n) is 41.1. The number of methoxy groups -OCH3 is 2. The largest absolute Gasteiger partial charge is 0.494 e. The summed E-state index contributed by atoms with van der Waals surface area (Å²) in [6.07, 6.45) is 9.56. The van der Waals surface area contributed by atoms with Gasteiger partial charge in [-0.05, 0) is 108 Å². The lowest BCUT2D eigenvalue weighted by atomic mass is 9.84. The van der Waals surface area contributed by atoms with E-state index < -0.39 is 12.0 Å². The number of nitrogens with zero attached hydrogens (tertiary/aromatic N) is 4. The van der Waals surface area contributed by atoms with E-state index in [-0.39, 0.29) is 28.9 Å². The molecule has 0 bridgehead atoms. The van der Waals surface area contributed by atoms with Gasteiger partial charge >= 0.3 is 5.97 Å². The molecule has 1 amide bonds. The Bertz CT molecular complexity index is 1820. The fourth-order valence-electron chi connectivity index (χ4n) is 8.00. The summed E-state index contributed by atoms with van der Waals surface area (Å²) in [5.41, 5.74) is 11.3. The number of aryl methyl sites for hydroxylation is 1. The van der Waals surface area contributed by atoms with E-state index in [1.54, 1.807) is 19.1 Å². The van der Waals surface area contributed by atoms with Gasteiger partial charge in [0.2, 0.25) is 6.41 Å². The second-order valence-electron chi connectivity index (χ2n) is 17.9. The molecular formula is C49H83N7O6S. The van der Waals surface area contributed by atoms with Crippen molar-refractivity contribution < 1.29 is 28.9 Å². The molecule has 356 valence electrons. The van der Waals surface area contributed by atoms with Gasteiger partial charge in [0.15, 0.2) is 0 Å². The second-order valence-corrected chi connectivity index (χ2v) is 19.6. The number of esters is 1. The number of carbonyl (C=O) groups excluding carboxylic acids is 2. The van der Waals surface area contributed by atoms with Gasteiger partial charge in [-0.3, -0.25) is 29.6 Å². The van der Waals surface area contributed by atoms with Crippen molar-refractivity contribution in [2.24, 2.45) is 5.41 Å². The number of amides is 1. The average molecular weight is 898 g/mol.